The Bertz CT molecular complexity index is 1170. The van der Waals surface area contributed by atoms with Gasteiger partial charge in [-0.3, -0.25) is 9.59 Å². The van der Waals surface area contributed by atoms with Gasteiger partial charge >= 0.3 is 6.09 Å². The minimum absolute atomic E-state index is 0.159. The van der Waals surface area contributed by atoms with Gasteiger partial charge in [-0.05, 0) is 43.7 Å². The number of hydrogen-bond donors (Lipinski definition) is 4. The first kappa shape index (κ1) is 37.0. The third-order valence-electron chi connectivity index (χ3n) is 9.02. The maximum atomic E-state index is 14.2. The molecule has 0 unspecified atom stereocenters. The zero-order valence-electron chi connectivity index (χ0n) is 28.4. The molecule has 1 aliphatic carbocycles. The molecule has 256 valence electrons. The zero-order valence-corrected chi connectivity index (χ0v) is 28.4. The normalized spacial score (nSPS) is 16.3. The molecule has 11 heteroatoms. The molecule has 3 amide bonds. The second kappa shape index (κ2) is 19.3. The van der Waals surface area contributed by atoms with Crippen LogP contribution in [0.2, 0.25) is 0 Å². The Morgan fingerprint density at radius 3 is 2.41 bits per heavy atom. The van der Waals surface area contributed by atoms with E-state index in [1.807, 2.05) is 30.3 Å². The number of carbonyl (C=O) groups excluding carboxylic acids is 3. The van der Waals surface area contributed by atoms with Crippen LogP contribution in [-0.2, 0) is 27.2 Å². The van der Waals surface area contributed by atoms with Crippen LogP contribution in [-0.4, -0.2) is 101 Å². The van der Waals surface area contributed by atoms with E-state index in [1.165, 1.54) is 35.4 Å². The van der Waals surface area contributed by atoms with Crippen molar-refractivity contribution in [3.63, 3.8) is 0 Å². The van der Waals surface area contributed by atoms with Crippen LogP contribution in [0.3, 0.4) is 0 Å². The molecule has 0 saturated heterocycles. The van der Waals surface area contributed by atoms with Gasteiger partial charge in [-0.15, -0.1) is 0 Å². The van der Waals surface area contributed by atoms with Gasteiger partial charge in [0.25, 0.3) is 5.91 Å². The summed E-state index contributed by atoms with van der Waals surface area (Å²) in [6.07, 6.45) is 8.93. The Kier molecular flexibility index (Phi) is 15.5. The molecule has 0 aliphatic heterocycles. The Labute approximate surface area is 274 Å². The van der Waals surface area contributed by atoms with Gasteiger partial charge in [0.1, 0.15) is 6.04 Å². The van der Waals surface area contributed by atoms with Crippen molar-refractivity contribution in [1.82, 2.24) is 30.4 Å². The van der Waals surface area contributed by atoms with Crippen molar-refractivity contribution in [2.45, 2.75) is 102 Å². The van der Waals surface area contributed by atoms with Crippen molar-refractivity contribution in [2.24, 2.45) is 11.8 Å². The van der Waals surface area contributed by atoms with Crippen molar-refractivity contribution >= 4 is 17.9 Å². The summed E-state index contributed by atoms with van der Waals surface area (Å²) in [5.41, 5.74) is 1.52. The number of H-pyrrole nitrogens is 1. The maximum Gasteiger partial charge on any atom is 0.410 e. The molecule has 3 rings (SSSR count). The molecule has 4 N–H and O–H groups in total. The summed E-state index contributed by atoms with van der Waals surface area (Å²) < 4.78 is 5.81. The molecule has 1 heterocycles. The third kappa shape index (κ3) is 12.1. The lowest BCUT2D eigenvalue weighted by Crippen LogP contribution is -2.56. The van der Waals surface area contributed by atoms with E-state index in [0.29, 0.717) is 43.5 Å². The average molecular weight is 641 g/mol. The first-order valence-electron chi connectivity index (χ1n) is 16.9. The Balaban J connectivity index is 1.86. The molecule has 11 nitrogen and oxygen atoms in total. The van der Waals surface area contributed by atoms with Gasteiger partial charge in [-0.25, -0.2) is 9.78 Å². The number of aromatic nitrogens is 2. The first-order chi connectivity index (χ1) is 22.1. The summed E-state index contributed by atoms with van der Waals surface area (Å²) >= 11 is 0. The van der Waals surface area contributed by atoms with Crippen molar-refractivity contribution in [1.29, 1.82) is 0 Å². The molecule has 0 spiro atoms. The Morgan fingerprint density at radius 2 is 1.78 bits per heavy atom. The lowest BCUT2D eigenvalue weighted by atomic mass is 9.83. The lowest BCUT2D eigenvalue weighted by Gasteiger charge is -2.34. The second-order valence-electron chi connectivity index (χ2n) is 13.2. The predicted molar refractivity (Wildman–Crippen MR) is 179 cm³/mol. The number of ether oxygens (including phenoxy) is 1. The number of nitrogens with zero attached hydrogens (tertiary/aromatic N) is 3. The van der Waals surface area contributed by atoms with E-state index in [0.717, 1.165) is 24.8 Å². The minimum Gasteiger partial charge on any atom is -0.436 e. The fourth-order valence-corrected chi connectivity index (χ4v) is 6.06. The summed E-state index contributed by atoms with van der Waals surface area (Å²) in [7, 11) is 4.99. The van der Waals surface area contributed by atoms with E-state index in [2.05, 4.69) is 34.4 Å². The molecular weight excluding hydrogens is 584 g/mol. The summed E-state index contributed by atoms with van der Waals surface area (Å²) in [6, 6.07) is 8.01. The molecule has 1 fully saturated rings. The minimum atomic E-state index is -1.15. The summed E-state index contributed by atoms with van der Waals surface area (Å²) in [5, 5.41) is 17.5. The molecule has 0 radical (unpaired) electrons. The van der Waals surface area contributed by atoms with Gasteiger partial charge < -0.3 is 35.3 Å². The lowest BCUT2D eigenvalue weighted by molar-refractivity contribution is -0.146. The topological polar surface area (TPSA) is 140 Å². The van der Waals surface area contributed by atoms with Gasteiger partial charge in [0, 0.05) is 51.9 Å². The van der Waals surface area contributed by atoms with E-state index in [-0.39, 0.29) is 18.7 Å². The molecule has 2 aromatic rings. The predicted octanol–water partition coefficient (Wildman–Crippen LogP) is 3.93. The fourth-order valence-electron chi connectivity index (χ4n) is 6.06. The van der Waals surface area contributed by atoms with Gasteiger partial charge in [0.05, 0.1) is 18.5 Å². The van der Waals surface area contributed by atoms with Crippen LogP contribution >= 0.6 is 0 Å². The third-order valence-corrected chi connectivity index (χ3v) is 9.02. The van der Waals surface area contributed by atoms with Crippen LogP contribution < -0.4 is 10.6 Å². The zero-order chi connectivity index (χ0) is 33.5. The van der Waals surface area contributed by atoms with Gasteiger partial charge in [0.15, 0.2) is 6.10 Å². The van der Waals surface area contributed by atoms with Crippen LogP contribution in [0.4, 0.5) is 4.79 Å². The molecule has 1 aromatic carbocycles. The van der Waals surface area contributed by atoms with Crippen LogP contribution in [0.1, 0.15) is 76.5 Å². The number of aliphatic hydroxyl groups is 1. The standard InChI is InChI=1S/C35H56N6O5/c1-25(2)16-17-31(42)29(20-26-12-8-6-9-13-26)39-33(43)30(22-28-23-37-24-38-28)41(5)34(44)32(21-27-14-10-7-11-15-27)46-35(45)40(4)19-18-36-3/h7,10-11,14-15,23-26,29-32,36,42H,6,8-9,12-13,16-22H2,1-5H3,(H,37,38)(H,39,43)/t29-,30-,31-,32-/m0/s1. The van der Waals surface area contributed by atoms with E-state index in [9.17, 15) is 19.5 Å². The van der Waals surface area contributed by atoms with Crippen LogP contribution in [0, 0.1) is 11.8 Å². The highest BCUT2D eigenvalue weighted by atomic mass is 16.6. The van der Waals surface area contributed by atoms with E-state index >= 15 is 0 Å². The van der Waals surface area contributed by atoms with Gasteiger partial charge in [-0.1, -0.05) is 76.3 Å². The highest BCUT2D eigenvalue weighted by molar-refractivity contribution is 5.90. The summed E-state index contributed by atoms with van der Waals surface area (Å²) in [6.45, 7) is 5.23. The average Bonchev–Trinajstić information content (AvgIpc) is 3.58. The summed E-state index contributed by atoms with van der Waals surface area (Å²) in [4.78, 5) is 51.3. The van der Waals surface area contributed by atoms with Crippen LogP contribution in [0.15, 0.2) is 42.9 Å². The maximum absolute atomic E-state index is 14.2. The number of benzene rings is 1. The van der Waals surface area contributed by atoms with E-state index in [1.54, 1.807) is 27.3 Å². The van der Waals surface area contributed by atoms with Crippen molar-refractivity contribution in [3.8, 4) is 0 Å². The monoisotopic (exact) mass is 640 g/mol. The van der Waals surface area contributed by atoms with Crippen molar-refractivity contribution in [3.05, 3.63) is 54.1 Å². The SMILES string of the molecule is CNCCN(C)C(=O)O[C@@H](Cc1ccccc1)C(=O)N(C)[C@@H](Cc1cnc[nH]1)C(=O)N[C@@H](CC1CCCCC1)[C@@H](O)CCC(C)C. The van der Waals surface area contributed by atoms with Gasteiger partial charge in [-0.2, -0.15) is 0 Å². The van der Waals surface area contributed by atoms with Gasteiger partial charge in [0.2, 0.25) is 5.91 Å². The number of aromatic amines is 1. The molecule has 4 atom stereocenters. The largest absolute Gasteiger partial charge is 0.436 e. The number of aliphatic hydroxyl groups excluding tert-OH is 1. The highest BCUT2D eigenvalue weighted by Crippen LogP contribution is 2.29. The molecule has 1 saturated carbocycles. The molecule has 1 aromatic heterocycles. The Hall–Kier alpha value is -3.44. The molecule has 1 aliphatic rings. The molecular formula is C35H56N6O5. The summed E-state index contributed by atoms with van der Waals surface area (Å²) in [5.74, 6) is 0.0284. The smallest absolute Gasteiger partial charge is 0.410 e. The fraction of sp³-hybridized carbons (Fsp3) is 0.657. The quantitative estimate of drug-likeness (QED) is 0.194. The van der Waals surface area contributed by atoms with Crippen molar-refractivity contribution < 1.29 is 24.2 Å². The number of amides is 3. The van der Waals surface area contributed by atoms with Crippen LogP contribution in [0.5, 0.6) is 0 Å². The number of carbonyl (C=O) groups is 3. The number of nitrogens with one attached hydrogen (secondary N) is 3. The first-order valence-corrected chi connectivity index (χ1v) is 16.9. The molecule has 46 heavy (non-hydrogen) atoms. The second-order valence-corrected chi connectivity index (χ2v) is 13.2. The highest BCUT2D eigenvalue weighted by Gasteiger charge is 2.36. The number of hydrogen-bond acceptors (Lipinski definition) is 7. The number of likely N-dealkylation sites (N-methyl/N-ethyl adjacent to an activating group) is 3. The molecule has 0 bridgehead atoms. The number of rotatable bonds is 18. The Morgan fingerprint density at radius 1 is 1.07 bits per heavy atom. The van der Waals surface area contributed by atoms with E-state index < -0.39 is 36.3 Å². The van der Waals surface area contributed by atoms with Crippen molar-refractivity contribution in [2.75, 3.05) is 34.2 Å². The van der Waals surface area contributed by atoms with Crippen LogP contribution in [0.25, 0.3) is 0 Å². The number of imidazole rings is 1. The van der Waals surface area contributed by atoms with E-state index in [4.69, 9.17) is 4.74 Å².